The fraction of sp³-hybridized carbons (Fsp3) is 0. The van der Waals surface area contributed by atoms with Gasteiger partial charge in [0.2, 0.25) is 0 Å². The second kappa shape index (κ2) is 19.1. The summed E-state index contributed by atoms with van der Waals surface area (Å²) in [5.74, 6) is 0. The molecule has 0 fully saturated rings. The van der Waals surface area contributed by atoms with Crippen LogP contribution in [0.1, 0.15) is 0 Å². The van der Waals surface area contributed by atoms with E-state index in [0.717, 1.165) is 0 Å². The van der Waals surface area contributed by atoms with Gasteiger partial charge < -0.3 is 0 Å². The molecule has 0 saturated heterocycles. The Kier molecular flexibility index (Phi) is 7.61. The summed E-state index contributed by atoms with van der Waals surface area (Å²) in [6, 6.07) is 0. The summed E-state index contributed by atoms with van der Waals surface area (Å²) in [5, 5.41) is 0. The monoisotopic (exact) mass is 322 g/mol. The Bertz CT molecular complexity index is 27.5. The Labute approximate surface area is 76.5 Å². The summed E-state index contributed by atoms with van der Waals surface area (Å²) in [4.78, 5) is 0. The molecule has 0 N–H and O–H groups in total. The van der Waals surface area contributed by atoms with E-state index in [2.05, 4.69) is 0 Å². The van der Waals surface area contributed by atoms with Crippen molar-refractivity contribution in [2.24, 2.45) is 0 Å². The number of rotatable bonds is 0. The molecule has 0 aromatic carbocycles. The Morgan fingerprint density at radius 1 is 1.75 bits per heavy atom. The van der Waals surface area contributed by atoms with Gasteiger partial charge in [-0.25, -0.2) is 0 Å². The molecule has 0 nitrogen and oxygen atoms in total. The zero-order valence-corrected chi connectivity index (χ0v) is 11.5. The van der Waals surface area contributed by atoms with Gasteiger partial charge in [-0.1, -0.05) is 0 Å². The van der Waals surface area contributed by atoms with Crippen molar-refractivity contribution < 1.29 is 0 Å². The third-order valence-corrected chi connectivity index (χ3v) is 0. The summed E-state index contributed by atoms with van der Waals surface area (Å²) >= 11 is -3.96. The first-order chi connectivity index (χ1) is 5.56. The second-order valence-corrected chi connectivity index (χ2v) is 0. The van der Waals surface area contributed by atoms with E-state index in [0.29, 0.717) is 17.5 Å². The summed E-state index contributed by atoms with van der Waals surface area (Å²) < 4.78 is 48.1. The van der Waals surface area contributed by atoms with Crippen LogP contribution in [0.5, 0.6) is 0 Å². The average Bonchev–Trinajstić information content (AvgIpc) is 1.92. The Hall–Kier alpha value is 2.17. The van der Waals surface area contributed by atoms with Crippen molar-refractivity contribution in [3.63, 3.8) is 0 Å². The van der Waals surface area contributed by atoms with Crippen molar-refractivity contribution in [2.75, 3.05) is 0 Å². The molecule has 0 aromatic rings. The topological polar surface area (TPSA) is 0 Å². The number of hydrogen-bond donors (Lipinski definition) is 0. The van der Waals surface area contributed by atoms with E-state index in [1.54, 1.807) is 0 Å². The van der Waals surface area contributed by atoms with Crippen molar-refractivity contribution >= 4 is 69.3 Å². The van der Waals surface area contributed by atoms with Crippen LogP contribution in [-0.2, 0) is 0 Å². The predicted octanol–water partition coefficient (Wildman–Crippen LogP) is -4.20. The molecule has 0 rings (SSSR count). The van der Waals surface area contributed by atoms with E-state index in [4.69, 9.17) is 7.42 Å². The van der Waals surface area contributed by atoms with E-state index in [1.807, 2.05) is 0 Å². The van der Waals surface area contributed by atoms with Crippen LogP contribution in [0.15, 0.2) is 0 Å². The maximum absolute atomic E-state index is 6.08. The van der Waals surface area contributed by atoms with Gasteiger partial charge in [-0.3, -0.25) is 0 Å². The molecule has 0 aliphatic rings. The van der Waals surface area contributed by atoms with Gasteiger partial charge >= 0.3 is 76.7 Å². The van der Waals surface area contributed by atoms with E-state index in [1.165, 1.54) is 0 Å². The van der Waals surface area contributed by atoms with E-state index in [9.17, 15) is 0 Å². The van der Waals surface area contributed by atoms with Gasteiger partial charge in [-0.15, -0.1) is 0 Å². The molecular weight excluding hydrogens is 290 g/mol. The summed E-state index contributed by atoms with van der Waals surface area (Å²) in [7, 11) is 0. The van der Waals surface area contributed by atoms with E-state index in [-0.39, 0.29) is 0 Å². The number of hydrogen-bond acceptors (Lipinski definition) is 0. The van der Waals surface area contributed by atoms with Crippen LogP contribution in [0.3, 0.4) is 0 Å². The summed E-state index contributed by atoms with van der Waals surface area (Å²) in [6.45, 7) is 0. The minimum absolute atomic E-state index is 0.625. The fourth-order valence-corrected chi connectivity index (χ4v) is 0. The molecule has 0 spiro atoms. The van der Waals surface area contributed by atoms with Gasteiger partial charge in [0.1, 0.15) is 0 Å². The van der Waals surface area contributed by atoms with E-state index >= 15 is 0 Å². The first-order valence-corrected chi connectivity index (χ1v) is 0. The Morgan fingerprint density at radius 3 is 1.75 bits per heavy atom. The molecule has 4 heavy (non-hydrogen) atoms. The van der Waals surface area contributed by atoms with Crippen LogP contribution in [0, 0.1) is 0 Å². The third kappa shape index (κ3) is 8.90. The molecule has 0 atom stereocenters. The first-order valence-electron chi connectivity index (χ1n) is 4.21. The van der Waals surface area contributed by atoms with Crippen molar-refractivity contribution in [1.29, 1.82) is 7.42 Å². The molecule has 0 aliphatic heterocycles. The molecule has 0 bridgehead atoms. The molecule has 0 aromatic heterocycles. The van der Waals surface area contributed by atoms with Crippen LogP contribution >= 0.6 is 0 Å². The van der Waals surface area contributed by atoms with Crippen LogP contribution in [0.25, 0.3) is 0 Å². The van der Waals surface area contributed by atoms with Gasteiger partial charge in [0.15, 0.2) is 0 Å². The second-order valence-electron chi connectivity index (χ2n) is 0. The van der Waals surface area contributed by atoms with Gasteiger partial charge in [0.05, 0.1) is 0 Å². The predicted molar refractivity (Wildman–Crippen MR) is 37.0 cm³/mol. The molecule has 0 aliphatic carbocycles. The van der Waals surface area contributed by atoms with Crippen molar-refractivity contribution in [3.8, 4) is 0 Å². The van der Waals surface area contributed by atoms with Crippen LogP contribution in [-0.4, -0.2) is 76.7 Å². The molecule has 4 heteroatoms. The quantitative estimate of drug-likeness (QED) is 0.398. The molecule has 0 heterocycles. The van der Waals surface area contributed by atoms with Crippen molar-refractivity contribution in [3.05, 3.63) is 0 Å². The average molecular weight is 317 g/mol. The Morgan fingerprint density at radius 2 is 1.75 bits per heavy atom. The molecule has 6 radical (unpaired) electrons. The Balaban J connectivity index is -0.0000000368. The van der Waals surface area contributed by atoms with Gasteiger partial charge in [0, 0.05) is 0 Å². The molecule has 26 valence electrons. The van der Waals surface area contributed by atoms with Crippen LogP contribution in [0.4, 0.5) is 0 Å². The zero-order chi connectivity index (χ0) is 11.0. The van der Waals surface area contributed by atoms with Crippen molar-refractivity contribution in [2.45, 2.75) is 0 Å². The van der Waals surface area contributed by atoms with Gasteiger partial charge in [-0.2, -0.15) is 0 Å². The fourth-order valence-electron chi connectivity index (χ4n) is 0. The first kappa shape index (κ1) is 1.60. The van der Waals surface area contributed by atoms with Crippen LogP contribution in [0.2, 0.25) is 0 Å². The SMILES string of the molecule is [3H][GeH2].[3H][Ge]([3H])[3H].[3H][Ge][3H].[3H][Ge][3H]. The van der Waals surface area contributed by atoms with Crippen molar-refractivity contribution in [1.82, 2.24) is 0 Å². The molecule has 0 amide bonds. The molecule has 0 saturated carbocycles. The minimum atomic E-state index is -2.58. The molecular formula is H10Ge4. The summed E-state index contributed by atoms with van der Waals surface area (Å²) in [6.07, 6.45) is 0. The third-order valence-electron chi connectivity index (χ3n) is 0. The van der Waals surface area contributed by atoms with E-state index < -0.39 is 51.8 Å². The van der Waals surface area contributed by atoms with Crippen LogP contribution < -0.4 is 0 Å². The van der Waals surface area contributed by atoms with Gasteiger partial charge in [0.25, 0.3) is 0 Å². The zero-order valence-electron chi connectivity index (χ0n) is 10.2. The molecule has 0 unspecified atom stereocenters. The standard InChI is InChI=1S/2GeH3.2GeH2/h2*1H3;2*1H2/i1T3;1T;2*1T2. The normalized spacial score (nSPS) is 21.5. The summed E-state index contributed by atoms with van der Waals surface area (Å²) in [5.41, 5.74) is 0. The van der Waals surface area contributed by atoms with Gasteiger partial charge in [-0.05, 0) is 0 Å². The maximum atomic E-state index is 6.08.